The van der Waals surface area contributed by atoms with E-state index in [1.54, 1.807) is 58.0 Å². The molecule has 0 saturated carbocycles. The lowest BCUT2D eigenvalue weighted by Gasteiger charge is -2.49. The van der Waals surface area contributed by atoms with Gasteiger partial charge in [0.05, 0.1) is 16.6 Å². The Kier molecular flexibility index (Phi) is 13.5. The molecule has 21 heteroatoms. The number of nitrogens with zero attached hydrogens (tertiary/aromatic N) is 3. The smallest absolute Gasteiger partial charge is 0.455 e. The summed E-state index contributed by atoms with van der Waals surface area (Å²) in [6, 6.07) is 9.80. The van der Waals surface area contributed by atoms with E-state index < -0.39 is 99.3 Å². The molecule has 5 rings (SSSR count). The Balaban J connectivity index is 1.48. The van der Waals surface area contributed by atoms with Crippen LogP contribution in [0.5, 0.6) is 5.75 Å². The van der Waals surface area contributed by atoms with Gasteiger partial charge in [0.1, 0.15) is 41.1 Å². The van der Waals surface area contributed by atoms with Crippen LogP contribution < -0.4 is 20.7 Å². The number of likely N-dealkylation sites (N-methyl/N-ethyl adjacent to an activating group) is 1. The number of urea groups is 1. The number of β-lactam (4-membered cyclic amide) rings is 1. The Morgan fingerprint density at radius 3 is 2.24 bits per heavy atom. The normalized spacial score (nSPS) is 20.0. The molecule has 314 valence electrons. The molecule has 0 bridgehead atoms. The number of hydrogen-bond donors (Lipinski definition) is 3. The molecule has 3 heterocycles. The van der Waals surface area contributed by atoms with Crippen molar-refractivity contribution in [3.05, 3.63) is 77.0 Å². The third kappa shape index (κ3) is 10.1. The van der Waals surface area contributed by atoms with Crippen LogP contribution in [0.2, 0.25) is 0 Å². The third-order valence-corrected chi connectivity index (χ3v) is 10.6. The molecule has 2 aromatic carbocycles. The predicted octanol–water partition coefficient (Wildman–Crippen LogP) is 0.490. The monoisotopic (exact) mass is 838 g/mol. The molecule has 0 spiro atoms. The number of benzene rings is 2. The summed E-state index contributed by atoms with van der Waals surface area (Å²) in [5.41, 5.74) is -1.21. The summed E-state index contributed by atoms with van der Waals surface area (Å²) in [5, 5.41) is 5.91. The second-order valence-corrected chi connectivity index (χ2v) is 15.7. The zero-order chi connectivity index (χ0) is 43.2. The van der Waals surface area contributed by atoms with Gasteiger partial charge < -0.3 is 39.8 Å². The van der Waals surface area contributed by atoms with Gasteiger partial charge in [0.2, 0.25) is 18.5 Å². The average molecular weight is 839 g/mol. The highest BCUT2D eigenvalue weighted by atomic mass is 32.2. The maximum atomic E-state index is 14.3. The first kappa shape index (κ1) is 43.5. The number of rotatable bonds is 13. The molecular weight excluding hydrogens is 797 g/mol. The summed E-state index contributed by atoms with van der Waals surface area (Å²) in [7, 11) is -2.04. The van der Waals surface area contributed by atoms with Gasteiger partial charge >= 0.3 is 35.9 Å². The topological polar surface area (TPSA) is 253 Å². The van der Waals surface area contributed by atoms with Gasteiger partial charge in [0, 0.05) is 32.1 Å². The number of piperazine rings is 1. The highest BCUT2D eigenvalue weighted by molar-refractivity contribution is 7.86. The zero-order valence-corrected chi connectivity index (χ0v) is 33.4. The molecule has 3 aliphatic rings. The summed E-state index contributed by atoms with van der Waals surface area (Å²) in [5.74, 6) is -6.73. The molecule has 2 aromatic rings. The first-order valence-electron chi connectivity index (χ1n) is 18.2. The summed E-state index contributed by atoms with van der Waals surface area (Å²) in [6.07, 6.45) is -2.71. The van der Waals surface area contributed by atoms with Gasteiger partial charge in [-0.05, 0) is 51.0 Å². The summed E-state index contributed by atoms with van der Waals surface area (Å²) in [4.78, 5) is 119. The maximum Gasteiger partial charge on any atom is 0.514 e. The van der Waals surface area contributed by atoms with Crippen LogP contribution in [0.4, 0.5) is 9.59 Å². The fourth-order valence-electron chi connectivity index (χ4n) is 6.22. The number of carbonyl (C=O) groups excluding carboxylic acids is 9. The Hall–Kier alpha value is -6.64. The van der Waals surface area contributed by atoms with Crippen LogP contribution in [0, 0.1) is 0 Å². The van der Waals surface area contributed by atoms with E-state index in [1.165, 1.54) is 29.2 Å². The number of fused-ring (bicyclic) bond motifs is 1. The van der Waals surface area contributed by atoms with Gasteiger partial charge in [-0.1, -0.05) is 42.5 Å². The van der Waals surface area contributed by atoms with Gasteiger partial charge in [-0.2, -0.15) is 0 Å². The Morgan fingerprint density at radius 2 is 1.63 bits per heavy atom. The molecule has 2 saturated heterocycles. The molecule has 3 unspecified atom stereocenters. The second-order valence-electron chi connectivity index (χ2n) is 14.2. The lowest BCUT2D eigenvalue weighted by atomic mass is 10.0. The van der Waals surface area contributed by atoms with E-state index in [2.05, 4.69) is 16.0 Å². The van der Waals surface area contributed by atoms with Crippen LogP contribution in [0.25, 0.3) is 0 Å². The molecule has 20 nitrogen and oxygen atoms in total. The molecule has 7 amide bonds. The van der Waals surface area contributed by atoms with Crippen molar-refractivity contribution in [1.82, 2.24) is 30.7 Å². The largest absolute Gasteiger partial charge is 0.514 e. The van der Waals surface area contributed by atoms with E-state index in [1.807, 2.05) is 0 Å². The van der Waals surface area contributed by atoms with E-state index >= 15 is 0 Å². The summed E-state index contributed by atoms with van der Waals surface area (Å²) in [6.45, 7) is 7.20. The van der Waals surface area contributed by atoms with Crippen LogP contribution in [-0.2, 0) is 65.2 Å². The van der Waals surface area contributed by atoms with Crippen LogP contribution in [-0.4, -0.2) is 122 Å². The number of imide groups is 1. The molecule has 0 aromatic heterocycles. The van der Waals surface area contributed by atoms with Gasteiger partial charge in [0.25, 0.3) is 5.91 Å². The van der Waals surface area contributed by atoms with E-state index in [-0.39, 0.29) is 49.5 Å². The van der Waals surface area contributed by atoms with Crippen molar-refractivity contribution in [3.8, 4) is 5.75 Å². The summed E-state index contributed by atoms with van der Waals surface area (Å²) < 4.78 is 34.9. The fraction of sp³-hybridized carbons (Fsp3) is 0.395. The van der Waals surface area contributed by atoms with Crippen molar-refractivity contribution in [2.24, 2.45) is 0 Å². The maximum absolute atomic E-state index is 14.3. The van der Waals surface area contributed by atoms with E-state index in [9.17, 15) is 47.4 Å². The molecule has 0 aliphatic carbocycles. The van der Waals surface area contributed by atoms with Crippen LogP contribution >= 0.6 is 0 Å². The molecule has 2 fully saturated rings. The van der Waals surface area contributed by atoms with Crippen LogP contribution in [0.15, 0.2) is 65.9 Å². The average Bonchev–Trinajstić information content (AvgIpc) is 3.18. The number of carbonyl (C=O) groups is 9. The predicted molar refractivity (Wildman–Crippen MR) is 202 cm³/mol. The van der Waals surface area contributed by atoms with Gasteiger partial charge in [0.15, 0.2) is 0 Å². The number of esters is 2. The second kappa shape index (κ2) is 18.3. The lowest BCUT2D eigenvalue weighted by Crippen LogP contribution is -2.73. The minimum absolute atomic E-state index is 0.0164. The van der Waals surface area contributed by atoms with Gasteiger partial charge in [-0.3, -0.25) is 42.8 Å². The highest BCUT2D eigenvalue weighted by Crippen LogP contribution is 2.37. The number of nitrogens with one attached hydrogen (secondary N) is 3. The molecule has 0 radical (unpaired) electrons. The highest BCUT2D eigenvalue weighted by Gasteiger charge is 2.58. The Bertz CT molecular complexity index is 2090. The van der Waals surface area contributed by atoms with Crippen molar-refractivity contribution >= 4 is 65.0 Å². The van der Waals surface area contributed by atoms with Crippen LogP contribution in [0.3, 0.4) is 0 Å². The SMILES string of the molecule is CCN1CCN(C(=O)NC(C(=O)NC(OC(C)=O)C2=C(C(=O)OC(C)(C)C)N3C(=O)[C@H](NC=O)[C@H]3S(=O)C2)c2ccc(OC(=O)OCc3ccccc3)cc2)C(=O)C1=O. The van der Waals surface area contributed by atoms with Crippen molar-refractivity contribution in [3.63, 3.8) is 0 Å². The lowest BCUT2D eigenvalue weighted by molar-refractivity contribution is -0.159. The van der Waals surface area contributed by atoms with Crippen molar-refractivity contribution in [2.75, 3.05) is 25.4 Å². The zero-order valence-electron chi connectivity index (χ0n) is 32.6. The van der Waals surface area contributed by atoms with E-state index in [0.717, 1.165) is 11.8 Å². The van der Waals surface area contributed by atoms with Crippen LogP contribution in [0.1, 0.15) is 51.8 Å². The number of hydrogen-bond acceptors (Lipinski definition) is 14. The Labute approximate surface area is 339 Å². The molecule has 3 aliphatic heterocycles. The third-order valence-electron chi connectivity index (χ3n) is 8.95. The van der Waals surface area contributed by atoms with Crippen molar-refractivity contribution < 1.29 is 66.3 Å². The molecular formula is C38H42N6O14S. The van der Waals surface area contributed by atoms with Crippen molar-refractivity contribution in [2.45, 2.75) is 70.5 Å². The van der Waals surface area contributed by atoms with Gasteiger partial charge in [-0.25, -0.2) is 14.4 Å². The molecule has 59 heavy (non-hydrogen) atoms. The van der Waals surface area contributed by atoms with Gasteiger partial charge in [-0.15, -0.1) is 0 Å². The number of ether oxygens (including phenoxy) is 4. The minimum Gasteiger partial charge on any atom is -0.455 e. The van der Waals surface area contributed by atoms with E-state index in [0.29, 0.717) is 10.5 Å². The summed E-state index contributed by atoms with van der Waals surface area (Å²) >= 11 is 0. The van der Waals surface area contributed by atoms with Crippen molar-refractivity contribution in [1.29, 1.82) is 0 Å². The molecule has 3 N–H and O–H groups in total. The first-order valence-corrected chi connectivity index (χ1v) is 19.6. The molecule has 5 atom stereocenters. The standard InChI is InChI=1S/C38H42N6O14S/c1-6-42-16-17-43(33(50)32(42)49)36(52)40-26(23-12-14-24(15-13-23)57-37(53)55-18-22-10-8-7-9-11-22)29(47)41-30(56-21(2)46)25-19-59(54)34-27(39-20-45)31(48)44(34)28(25)35(51)58-38(3,4)5/h7-15,20,26-27,30,34H,6,16-19H2,1-5H3,(H,39,45)(H,40,52)(H,41,47)/t26?,27-,30?,34+,59?/m0/s1. The first-order chi connectivity index (χ1) is 27.9. The minimum atomic E-state index is -2.04. The van der Waals surface area contributed by atoms with E-state index in [4.69, 9.17) is 18.9 Å². The quantitative estimate of drug-likeness (QED) is 0.0473. The number of amides is 7. The Morgan fingerprint density at radius 1 is 0.949 bits per heavy atom. The fourth-order valence-corrected chi connectivity index (χ4v) is 7.93.